The van der Waals surface area contributed by atoms with Gasteiger partial charge in [0.1, 0.15) is 18.4 Å². The lowest BCUT2D eigenvalue weighted by Crippen LogP contribution is -2.55. The quantitative estimate of drug-likeness (QED) is 0.125. The first-order valence-corrected chi connectivity index (χ1v) is 16.3. The molecule has 1 heterocycles. The normalized spacial score (nSPS) is 14.2. The summed E-state index contributed by atoms with van der Waals surface area (Å²) >= 11 is 0. The first-order valence-electron chi connectivity index (χ1n) is 14.8. The van der Waals surface area contributed by atoms with Crippen molar-refractivity contribution >= 4 is 33.5 Å². The Morgan fingerprint density at radius 3 is 2.20 bits per heavy atom. The Morgan fingerprint density at radius 2 is 1.57 bits per heavy atom. The summed E-state index contributed by atoms with van der Waals surface area (Å²) in [5.74, 6) is 4.67. The van der Waals surface area contributed by atoms with E-state index in [1.54, 1.807) is 39.2 Å². The molecular formula is C33H39N5O7S. The Labute approximate surface area is 269 Å². The summed E-state index contributed by atoms with van der Waals surface area (Å²) in [6.45, 7) is 5.33. The Kier molecular flexibility index (Phi) is 12.0. The van der Waals surface area contributed by atoms with Gasteiger partial charge in [0.25, 0.3) is 16.1 Å². The number of hydrazine groups is 1. The Balaban J connectivity index is 1.40. The van der Waals surface area contributed by atoms with E-state index in [-0.39, 0.29) is 25.6 Å². The van der Waals surface area contributed by atoms with Crippen LogP contribution in [-0.2, 0) is 19.7 Å². The fourth-order valence-corrected chi connectivity index (χ4v) is 6.14. The van der Waals surface area contributed by atoms with Crippen LogP contribution in [-0.4, -0.2) is 82.3 Å². The van der Waals surface area contributed by atoms with Crippen LogP contribution in [0.25, 0.3) is 0 Å². The van der Waals surface area contributed by atoms with Gasteiger partial charge in [-0.2, -0.15) is 17.4 Å². The number of methoxy groups -OCH3 is 1. The number of aliphatic carboxylic acids is 1. The molecule has 4 rings (SSSR count). The molecule has 0 bridgehead atoms. The number of piperazine rings is 1. The highest BCUT2D eigenvalue weighted by atomic mass is 32.2. The number of amides is 1. The van der Waals surface area contributed by atoms with Gasteiger partial charge in [-0.15, -0.1) is 0 Å². The lowest BCUT2D eigenvalue weighted by atomic mass is 10.1. The number of carboxylic acids is 1. The Bertz CT molecular complexity index is 1650. The van der Waals surface area contributed by atoms with Crippen LogP contribution in [0, 0.1) is 17.8 Å². The third-order valence-corrected chi connectivity index (χ3v) is 8.83. The van der Waals surface area contributed by atoms with E-state index in [4.69, 9.17) is 9.47 Å². The van der Waals surface area contributed by atoms with Crippen LogP contribution >= 0.6 is 0 Å². The molecule has 3 aromatic rings. The molecule has 1 amide bonds. The first-order chi connectivity index (χ1) is 22.1. The molecule has 0 aliphatic carbocycles. The van der Waals surface area contributed by atoms with E-state index < -0.39 is 28.1 Å². The number of carboxylic acid groups (broad SMARTS) is 1. The van der Waals surface area contributed by atoms with Crippen LogP contribution in [0.3, 0.4) is 0 Å². The maximum atomic E-state index is 13.1. The molecule has 0 aromatic heterocycles. The maximum Gasteiger partial charge on any atom is 0.322 e. The maximum absolute atomic E-state index is 13.1. The van der Waals surface area contributed by atoms with Crippen LogP contribution in [0.15, 0.2) is 72.8 Å². The predicted molar refractivity (Wildman–Crippen MR) is 176 cm³/mol. The fraction of sp³-hybridized carbons (Fsp3) is 0.333. The minimum atomic E-state index is -3.94. The molecule has 1 saturated heterocycles. The lowest BCUT2D eigenvalue weighted by Gasteiger charge is -2.36. The Hall–Kier alpha value is -4.61. The summed E-state index contributed by atoms with van der Waals surface area (Å²) in [7, 11) is -2.36. The zero-order valence-electron chi connectivity index (χ0n) is 26.0. The molecule has 46 heavy (non-hydrogen) atoms. The van der Waals surface area contributed by atoms with Gasteiger partial charge >= 0.3 is 5.97 Å². The molecule has 13 heteroatoms. The minimum absolute atomic E-state index is 0.225. The van der Waals surface area contributed by atoms with Crippen molar-refractivity contribution in [1.29, 1.82) is 0 Å². The van der Waals surface area contributed by atoms with E-state index in [0.29, 0.717) is 36.6 Å². The van der Waals surface area contributed by atoms with Crippen LogP contribution in [0.5, 0.6) is 5.75 Å². The second-order valence-electron chi connectivity index (χ2n) is 10.9. The van der Waals surface area contributed by atoms with Gasteiger partial charge < -0.3 is 19.5 Å². The van der Waals surface area contributed by atoms with Crippen LogP contribution in [0.2, 0.25) is 0 Å². The summed E-state index contributed by atoms with van der Waals surface area (Å²) < 4.78 is 40.0. The molecule has 1 unspecified atom stereocenters. The SMILES string of the molecule is COCCOc1ccc(C#Cc2ccc(N3CCN(S(=O)(=O)NC(C(=O)O)C(C)C)CC3)cc2)cc1C(=O)NNc1ccccc1. The average molecular weight is 650 g/mol. The second-order valence-corrected chi connectivity index (χ2v) is 12.6. The second kappa shape index (κ2) is 16.1. The van der Waals surface area contributed by atoms with Gasteiger partial charge in [-0.05, 0) is 60.5 Å². The number of nitrogens with zero attached hydrogens (tertiary/aromatic N) is 2. The third-order valence-electron chi connectivity index (χ3n) is 7.23. The molecule has 0 saturated carbocycles. The highest BCUT2D eigenvalue weighted by Crippen LogP contribution is 2.22. The van der Waals surface area contributed by atoms with E-state index in [1.165, 1.54) is 4.31 Å². The van der Waals surface area contributed by atoms with Crippen molar-refractivity contribution in [1.82, 2.24) is 14.5 Å². The van der Waals surface area contributed by atoms with Gasteiger partial charge in [0, 0.05) is 50.1 Å². The molecular weight excluding hydrogens is 610 g/mol. The number of hydrogen-bond donors (Lipinski definition) is 4. The number of benzene rings is 3. The van der Waals surface area contributed by atoms with Crippen LogP contribution in [0.1, 0.15) is 35.3 Å². The van der Waals surface area contributed by atoms with E-state index in [2.05, 4.69) is 32.3 Å². The van der Waals surface area contributed by atoms with E-state index in [1.807, 2.05) is 54.6 Å². The van der Waals surface area contributed by atoms with Crippen LogP contribution < -0.4 is 25.2 Å². The predicted octanol–water partition coefficient (Wildman–Crippen LogP) is 2.93. The minimum Gasteiger partial charge on any atom is -0.490 e. The first kappa shape index (κ1) is 34.3. The van der Waals surface area contributed by atoms with Crippen molar-refractivity contribution in [2.75, 3.05) is 56.8 Å². The van der Waals surface area contributed by atoms with E-state index in [0.717, 1.165) is 16.9 Å². The van der Waals surface area contributed by atoms with Gasteiger partial charge in [-0.1, -0.05) is 43.9 Å². The average Bonchev–Trinajstić information content (AvgIpc) is 3.06. The lowest BCUT2D eigenvalue weighted by molar-refractivity contribution is -0.140. The number of nitrogens with one attached hydrogen (secondary N) is 3. The van der Waals surface area contributed by atoms with Gasteiger partial charge in [0.05, 0.1) is 17.9 Å². The van der Waals surface area contributed by atoms with Gasteiger partial charge in [-0.3, -0.25) is 20.4 Å². The molecule has 244 valence electrons. The number of hydrogen-bond acceptors (Lipinski definition) is 8. The highest BCUT2D eigenvalue weighted by Gasteiger charge is 2.33. The van der Waals surface area contributed by atoms with Crippen molar-refractivity contribution in [2.24, 2.45) is 5.92 Å². The number of para-hydroxylation sites is 1. The number of ether oxygens (including phenoxy) is 2. The molecule has 1 fully saturated rings. The summed E-state index contributed by atoms with van der Waals surface area (Å²) in [5, 5.41) is 9.37. The summed E-state index contributed by atoms with van der Waals surface area (Å²) in [4.78, 5) is 26.6. The summed E-state index contributed by atoms with van der Waals surface area (Å²) in [6, 6.07) is 20.8. The molecule has 0 radical (unpaired) electrons. The molecule has 1 aliphatic heterocycles. The van der Waals surface area contributed by atoms with Crippen molar-refractivity contribution in [3.05, 3.63) is 89.5 Å². The molecule has 1 atom stereocenters. The molecule has 4 N–H and O–H groups in total. The van der Waals surface area contributed by atoms with Crippen molar-refractivity contribution < 1.29 is 32.6 Å². The highest BCUT2D eigenvalue weighted by molar-refractivity contribution is 7.87. The van der Waals surface area contributed by atoms with E-state index in [9.17, 15) is 23.1 Å². The number of anilines is 2. The molecule has 0 spiro atoms. The monoisotopic (exact) mass is 649 g/mol. The van der Waals surface area contributed by atoms with Gasteiger partial charge in [0.15, 0.2) is 0 Å². The standard InChI is InChI=1S/C33H39N5O7S/c1-24(2)31(33(40)41)36-46(42,43)38-19-17-37(18-20-38)28-14-11-25(12-15-28)9-10-26-13-16-30(45-22-21-44-3)29(23-26)32(39)35-34-27-7-5-4-6-8-27/h4-8,11-16,23-24,31,34,36H,17-22H2,1-3H3,(H,35,39)(H,40,41). The third kappa shape index (κ3) is 9.45. The zero-order valence-corrected chi connectivity index (χ0v) is 26.8. The van der Waals surface area contributed by atoms with Crippen molar-refractivity contribution in [2.45, 2.75) is 19.9 Å². The largest absolute Gasteiger partial charge is 0.490 e. The summed E-state index contributed by atoms with van der Waals surface area (Å²) in [6.07, 6.45) is 0. The zero-order chi connectivity index (χ0) is 33.1. The molecule has 1 aliphatic rings. The van der Waals surface area contributed by atoms with Gasteiger partial charge in [0.2, 0.25) is 0 Å². The smallest absolute Gasteiger partial charge is 0.322 e. The van der Waals surface area contributed by atoms with Gasteiger partial charge in [-0.25, -0.2) is 0 Å². The van der Waals surface area contributed by atoms with Crippen molar-refractivity contribution in [3.8, 4) is 17.6 Å². The number of carbonyl (C=O) groups excluding carboxylic acids is 1. The number of rotatable bonds is 13. The molecule has 3 aromatic carbocycles. The van der Waals surface area contributed by atoms with Crippen LogP contribution in [0.4, 0.5) is 11.4 Å². The summed E-state index contributed by atoms with van der Waals surface area (Å²) in [5.41, 5.74) is 8.95. The Morgan fingerprint density at radius 1 is 0.913 bits per heavy atom. The van der Waals surface area contributed by atoms with E-state index >= 15 is 0 Å². The topological polar surface area (TPSA) is 150 Å². The fourth-order valence-electron chi connectivity index (χ4n) is 4.66. The molecule has 12 nitrogen and oxygen atoms in total. The number of carbonyl (C=O) groups is 2. The van der Waals surface area contributed by atoms with Crippen molar-refractivity contribution in [3.63, 3.8) is 0 Å².